The number of ether oxygens (including phenoxy) is 2. The Bertz CT molecular complexity index is 719. The lowest BCUT2D eigenvalue weighted by molar-refractivity contribution is 0.102. The lowest BCUT2D eigenvalue weighted by Gasteiger charge is -2.13. The summed E-state index contributed by atoms with van der Waals surface area (Å²) in [7, 11) is 1.54. The van der Waals surface area contributed by atoms with Crippen molar-refractivity contribution >= 4 is 39.1 Å². The van der Waals surface area contributed by atoms with E-state index in [-0.39, 0.29) is 12.0 Å². The fourth-order valence-corrected chi connectivity index (χ4v) is 2.67. The van der Waals surface area contributed by atoms with E-state index in [9.17, 15) is 4.79 Å². The minimum atomic E-state index is -0.233. The first kappa shape index (κ1) is 17.6. The van der Waals surface area contributed by atoms with Crippen molar-refractivity contribution in [2.24, 2.45) is 0 Å². The van der Waals surface area contributed by atoms with Crippen molar-refractivity contribution in [3.05, 3.63) is 51.5 Å². The molecule has 6 heteroatoms. The van der Waals surface area contributed by atoms with Gasteiger partial charge in [-0.3, -0.25) is 4.79 Å². The molecule has 0 aliphatic rings. The molecule has 2 aromatic carbocycles. The Labute approximate surface area is 148 Å². The summed E-state index contributed by atoms with van der Waals surface area (Å²) in [6, 6.07) is 10.3. The molecule has 1 N–H and O–H groups in total. The summed E-state index contributed by atoms with van der Waals surface area (Å²) >= 11 is 9.47. The Hall–Kier alpha value is -1.72. The number of methoxy groups -OCH3 is 1. The van der Waals surface area contributed by atoms with E-state index in [1.54, 1.807) is 36.4 Å². The highest BCUT2D eigenvalue weighted by molar-refractivity contribution is 9.10. The van der Waals surface area contributed by atoms with Gasteiger partial charge >= 0.3 is 0 Å². The molecule has 0 saturated carbocycles. The number of hydrogen-bond donors (Lipinski definition) is 1. The van der Waals surface area contributed by atoms with Crippen molar-refractivity contribution in [2.45, 2.75) is 20.0 Å². The van der Waals surface area contributed by atoms with Gasteiger partial charge in [-0.2, -0.15) is 0 Å². The lowest BCUT2D eigenvalue weighted by atomic mass is 10.2. The lowest BCUT2D eigenvalue weighted by Crippen LogP contribution is -2.12. The molecule has 0 bridgehead atoms. The van der Waals surface area contributed by atoms with Crippen LogP contribution in [0.25, 0.3) is 0 Å². The molecular formula is C17H17BrClNO3. The van der Waals surface area contributed by atoms with E-state index in [4.69, 9.17) is 21.1 Å². The molecule has 0 heterocycles. The summed E-state index contributed by atoms with van der Waals surface area (Å²) in [5.41, 5.74) is 1.11. The van der Waals surface area contributed by atoms with Crippen LogP contribution in [0.3, 0.4) is 0 Å². The molecule has 0 atom stereocenters. The third-order valence-corrected chi connectivity index (χ3v) is 3.88. The van der Waals surface area contributed by atoms with Crippen LogP contribution < -0.4 is 14.8 Å². The molecule has 4 nitrogen and oxygen atoms in total. The minimum Gasteiger partial charge on any atom is -0.495 e. The van der Waals surface area contributed by atoms with Gasteiger partial charge < -0.3 is 14.8 Å². The maximum Gasteiger partial charge on any atom is 0.255 e. The molecule has 1 amide bonds. The number of amides is 1. The van der Waals surface area contributed by atoms with Gasteiger partial charge in [-0.05, 0) is 66.2 Å². The van der Waals surface area contributed by atoms with Gasteiger partial charge in [0.1, 0.15) is 11.5 Å². The van der Waals surface area contributed by atoms with Gasteiger partial charge in [0.2, 0.25) is 0 Å². The fraction of sp³-hybridized carbons (Fsp3) is 0.235. The van der Waals surface area contributed by atoms with Gasteiger partial charge in [-0.25, -0.2) is 0 Å². The largest absolute Gasteiger partial charge is 0.495 e. The standard InChI is InChI=1S/C17H17BrClNO3/c1-10(2)23-15-6-4-11(8-13(15)18)17(21)20-12-5-7-16(22-3)14(19)9-12/h4-10H,1-3H3,(H,20,21). The Kier molecular flexibility index (Phi) is 5.91. The molecule has 0 saturated heterocycles. The Morgan fingerprint density at radius 1 is 1.17 bits per heavy atom. The van der Waals surface area contributed by atoms with Crippen LogP contribution in [0.4, 0.5) is 5.69 Å². The zero-order valence-corrected chi connectivity index (χ0v) is 15.4. The normalized spacial score (nSPS) is 10.5. The van der Waals surface area contributed by atoms with E-state index in [0.29, 0.717) is 27.8 Å². The Morgan fingerprint density at radius 3 is 2.43 bits per heavy atom. The summed E-state index contributed by atoms with van der Waals surface area (Å²) < 4.78 is 11.4. The summed E-state index contributed by atoms with van der Waals surface area (Å²) in [5, 5.41) is 3.23. The smallest absolute Gasteiger partial charge is 0.255 e. The number of anilines is 1. The highest BCUT2D eigenvalue weighted by Crippen LogP contribution is 2.29. The van der Waals surface area contributed by atoms with E-state index in [0.717, 1.165) is 4.47 Å². The second-order valence-corrected chi connectivity index (χ2v) is 6.38. The SMILES string of the molecule is COc1ccc(NC(=O)c2ccc(OC(C)C)c(Br)c2)cc1Cl. The predicted molar refractivity (Wildman–Crippen MR) is 95.9 cm³/mol. The van der Waals surface area contributed by atoms with Crippen LogP contribution in [0, 0.1) is 0 Å². The second-order valence-electron chi connectivity index (χ2n) is 5.12. The van der Waals surface area contributed by atoms with Gasteiger partial charge in [0.05, 0.1) is 22.7 Å². The van der Waals surface area contributed by atoms with Crippen molar-refractivity contribution in [1.82, 2.24) is 0 Å². The molecule has 0 aliphatic heterocycles. The molecule has 2 aromatic rings. The van der Waals surface area contributed by atoms with Crippen molar-refractivity contribution < 1.29 is 14.3 Å². The average Bonchev–Trinajstić information content (AvgIpc) is 2.49. The van der Waals surface area contributed by atoms with Gasteiger partial charge in [0.25, 0.3) is 5.91 Å². The van der Waals surface area contributed by atoms with Gasteiger partial charge in [0, 0.05) is 11.3 Å². The molecule has 23 heavy (non-hydrogen) atoms. The van der Waals surface area contributed by atoms with Crippen LogP contribution in [0.15, 0.2) is 40.9 Å². The molecule has 2 rings (SSSR count). The number of nitrogens with one attached hydrogen (secondary N) is 1. The van der Waals surface area contributed by atoms with Crippen LogP contribution in [0.5, 0.6) is 11.5 Å². The molecular weight excluding hydrogens is 382 g/mol. The summed E-state index contributed by atoms with van der Waals surface area (Å²) in [5.74, 6) is 1.02. The van der Waals surface area contributed by atoms with Crippen LogP contribution in [0.2, 0.25) is 5.02 Å². The quantitative estimate of drug-likeness (QED) is 0.757. The molecule has 0 unspecified atom stereocenters. The second kappa shape index (κ2) is 7.70. The molecule has 0 spiro atoms. The number of rotatable bonds is 5. The maximum atomic E-state index is 12.3. The predicted octanol–water partition coefficient (Wildman–Crippen LogP) is 5.15. The van der Waals surface area contributed by atoms with E-state index >= 15 is 0 Å². The van der Waals surface area contributed by atoms with Crippen LogP contribution in [0.1, 0.15) is 24.2 Å². The summed E-state index contributed by atoms with van der Waals surface area (Å²) in [6.45, 7) is 3.89. The van der Waals surface area contributed by atoms with E-state index in [1.807, 2.05) is 13.8 Å². The number of benzene rings is 2. The summed E-state index contributed by atoms with van der Waals surface area (Å²) in [4.78, 5) is 12.3. The summed E-state index contributed by atoms with van der Waals surface area (Å²) in [6.07, 6.45) is 0.0624. The van der Waals surface area contributed by atoms with E-state index in [1.165, 1.54) is 7.11 Å². The topological polar surface area (TPSA) is 47.6 Å². The van der Waals surface area contributed by atoms with E-state index < -0.39 is 0 Å². The van der Waals surface area contributed by atoms with Crippen LogP contribution in [-0.2, 0) is 0 Å². The number of carbonyl (C=O) groups is 1. The Morgan fingerprint density at radius 2 is 1.87 bits per heavy atom. The highest BCUT2D eigenvalue weighted by atomic mass is 79.9. The first-order valence-electron chi connectivity index (χ1n) is 7.02. The first-order chi connectivity index (χ1) is 10.9. The third kappa shape index (κ3) is 4.62. The molecule has 122 valence electrons. The average molecular weight is 399 g/mol. The number of halogens is 2. The molecule has 0 radical (unpaired) electrons. The fourth-order valence-electron chi connectivity index (χ4n) is 1.94. The van der Waals surface area contributed by atoms with Crippen molar-refractivity contribution in [2.75, 3.05) is 12.4 Å². The Balaban J connectivity index is 2.14. The number of carbonyl (C=O) groups excluding carboxylic acids is 1. The minimum absolute atomic E-state index is 0.0624. The van der Waals surface area contributed by atoms with Crippen LogP contribution >= 0.6 is 27.5 Å². The van der Waals surface area contributed by atoms with Crippen LogP contribution in [-0.4, -0.2) is 19.1 Å². The van der Waals surface area contributed by atoms with E-state index in [2.05, 4.69) is 21.2 Å². The monoisotopic (exact) mass is 397 g/mol. The molecule has 0 fully saturated rings. The maximum absolute atomic E-state index is 12.3. The van der Waals surface area contributed by atoms with Gasteiger partial charge in [0.15, 0.2) is 0 Å². The van der Waals surface area contributed by atoms with Crippen molar-refractivity contribution in [3.63, 3.8) is 0 Å². The zero-order valence-electron chi connectivity index (χ0n) is 13.0. The zero-order chi connectivity index (χ0) is 17.0. The van der Waals surface area contributed by atoms with Crippen molar-refractivity contribution in [1.29, 1.82) is 0 Å². The number of hydrogen-bond acceptors (Lipinski definition) is 3. The highest BCUT2D eigenvalue weighted by Gasteiger charge is 2.11. The van der Waals surface area contributed by atoms with Gasteiger partial charge in [-0.1, -0.05) is 11.6 Å². The third-order valence-electron chi connectivity index (χ3n) is 2.97. The molecule has 0 aliphatic carbocycles. The first-order valence-corrected chi connectivity index (χ1v) is 8.19. The molecule has 0 aromatic heterocycles. The van der Waals surface area contributed by atoms with Crippen molar-refractivity contribution in [3.8, 4) is 11.5 Å². The van der Waals surface area contributed by atoms with Gasteiger partial charge in [-0.15, -0.1) is 0 Å².